The van der Waals surface area contributed by atoms with E-state index >= 15 is 0 Å². The Hall–Kier alpha value is -2.64. The van der Waals surface area contributed by atoms with Crippen molar-refractivity contribution in [2.24, 2.45) is 0 Å². The van der Waals surface area contributed by atoms with Crippen LogP contribution in [0.4, 0.5) is 11.4 Å². The number of ether oxygens (including phenoxy) is 1. The summed E-state index contributed by atoms with van der Waals surface area (Å²) in [5, 5.41) is 11.1. The SMILES string of the molecule is CCC(CC)N(C(=O)CN1C(=O)COc2ccc([N+](=O)[O-])cc21)C1CC1. The molecule has 0 spiro atoms. The minimum absolute atomic E-state index is 0.117. The van der Waals surface area contributed by atoms with E-state index in [4.69, 9.17) is 4.74 Å². The molecule has 26 heavy (non-hydrogen) atoms. The Balaban J connectivity index is 1.87. The summed E-state index contributed by atoms with van der Waals surface area (Å²) in [5.41, 5.74) is 0.141. The maximum absolute atomic E-state index is 13.0. The zero-order valence-corrected chi connectivity index (χ0v) is 15.0. The van der Waals surface area contributed by atoms with Crippen molar-refractivity contribution in [1.82, 2.24) is 4.90 Å². The lowest BCUT2D eigenvalue weighted by atomic mass is 10.1. The predicted molar refractivity (Wildman–Crippen MR) is 95.2 cm³/mol. The number of benzene rings is 1. The third-order valence-electron chi connectivity index (χ3n) is 4.95. The molecule has 0 N–H and O–H groups in total. The zero-order valence-electron chi connectivity index (χ0n) is 15.0. The number of anilines is 1. The average molecular weight is 361 g/mol. The number of carbonyl (C=O) groups is 2. The number of non-ortho nitro benzene ring substituents is 1. The van der Waals surface area contributed by atoms with Gasteiger partial charge in [0.1, 0.15) is 12.3 Å². The third-order valence-corrected chi connectivity index (χ3v) is 4.95. The summed E-state index contributed by atoms with van der Waals surface area (Å²) < 4.78 is 5.35. The van der Waals surface area contributed by atoms with Gasteiger partial charge in [-0.05, 0) is 31.7 Å². The lowest BCUT2D eigenvalue weighted by Crippen LogP contribution is -2.50. The average Bonchev–Trinajstić information content (AvgIpc) is 3.46. The first-order valence-corrected chi connectivity index (χ1v) is 8.99. The molecule has 1 fully saturated rings. The Morgan fingerprint density at radius 1 is 1.38 bits per heavy atom. The highest BCUT2D eigenvalue weighted by Crippen LogP contribution is 2.36. The van der Waals surface area contributed by atoms with Crippen LogP contribution in [-0.2, 0) is 9.59 Å². The van der Waals surface area contributed by atoms with Crippen LogP contribution in [0.1, 0.15) is 39.5 Å². The lowest BCUT2D eigenvalue weighted by Gasteiger charge is -2.34. The summed E-state index contributed by atoms with van der Waals surface area (Å²) in [6.07, 6.45) is 3.69. The Kier molecular flexibility index (Phi) is 5.11. The van der Waals surface area contributed by atoms with Crippen LogP contribution >= 0.6 is 0 Å². The van der Waals surface area contributed by atoms with Crippen molar-refractivity contribution >= 4 is 23.2 Å². The van der Waals surface area contributed by atoms with Crippen molar-refractivity contribution in [3.63, 3.8) is 0 Å². The van der Waals surface area contributed by atoms with Gasteiger partial charge in [-0.2, -0.15) is 0 Å². The second kappa shape index (κ2) is 7.31. The van der Waals surface area contributed by atoms with E-state index in [2.05, 4.69) is 13.8 Å². The standard InChI is InChI=1S/C18H23N3O5/c1-3-12(4-2)20(13-5-6-13)17(22)10-19-15-9-14(21(24)25)7-8-16(15)26-11-18(19)23/h7-9,12-13H,3-6,10-11H2,1-2H3. The van der Waals surface area contributed by atoms with Gasteiger partial charge in [-0.1, -0.05) is 13.8 Å². The smallest absolute Gasteiger partial charge is 0.271 e. The molecule has 2 amide bonds. The summed E-state index contributed by atoms with van der Waals surface area (Å²) >= 11 is 0. The quantitative estimate of drug-likeness (QED) is 0.549. The maximum Gasteiger partial charge on any atom is 0.271 e. The molecule has 0 aromatic heterocycles. The fourth-order valence-corrected chi connectivity index (χ4v) is 3.43. The molecule has 140 valence electrons. The van der Waals surface area contributed by atoms with Crippen molar-refractivity contribution in [1.29, 1.82) is 0 Å². The number of amides is 2. The van der Waals surface area contributed by atoms with E-state index in [-0.39, 0.29) is 48.4 Å². The zero-order chi connectivity index (χ0) is 18.8. The van der Waals surface area contributed by atoms with E-state index in [1.54, 1.807) is 0 Å². The highest BCUT2D eigenvalue weighted by Gasteiger charge is 2.38. The van der Waals surface area contributed by atoms with Crippen LogP contribution in [-0.4, -0.2) is 46.9 Å². The molecule has 0 unspecified atom stereocenters. The minimum Gasteiger partial charge on any atom is -0.482 e. The van der Waals surface area contributed by atoms with Crippen molar-refractivity contribution in [3.8, 4) is 5.75 Å². The van der Waals surface area contributed by atoms with Crippen molar-refractivity contribution < 1.29 is 19.2 Å². The molecule has 0 radical (unpaired) electrons. The third kappa shape index (κ3) is 3.49. The molecule has 3 rings (SSSR count). The Labute approximate surface area is 151 Å². The van der Waals surface area contributed by atoms with Crippen LogP contribution in [0, 0.1) is 10.1 Å². The van der Waals surface area contributed by atoms with Crippen molar-refractivity contribution in [2.75, 3.05) is 18.1 Å². The summed E-state index contributed by atoms with van der Waals surface area (Å²) in [5.74, 6) is -0.107. The first-order valence-electron chi connectivity index (χ1n) is 8.99. The minimum atomic E-state index is -0.528. The predicted octanol–water partition coefficient (Wildman–Crippen LogP) is 2.50. The van der Waals surface area contributed by atoms with Crippen LogP contribution in [0.2, 0.25) is 0 Å². The second-order valence-electron chi connectivity index (χ2n) is 6.68. The molecule has 8 nitrogen and oxygen atoms in total. The van der Waals surface area contributed by atoms with Gasteiger partial charge in [-0.25, -0.2) is 0 Å². The number of hydrogen-bond donors (Lipinski definition) is 0. The van der Waals surface area contributed by atoms with Gasteiger partial charge >= 0.3 is 0 Å². The van der Waals surface area contributed by atoms with Gasteiger partial charge in [0.15, 0.2) is 6.61 Å². The monoisotopic (exact) mass is 361 g/mol. The van der Waals surface area contributed by atoms with Crippen LogP contribution < -0.4 is 9.64 Å². The second-order valence-corrected chi connectivity index (χ2v) is 6.68. The number of nitro groups is 1. The number of rotatable bonds is 7. The number of hydrogen-bond acceptors (Lipinski definition) is 5. The molecule has 1 aromatic carbocycles. The van der Waals surface area contributed by atoms with E-state index in [1.165, 1.54) is 23.1 Å². The van der Waals surface area contributed by atoms with Gasteiger partial charge in [0.05, 0.1) is 10.6 Å². The summed E-state index contributed by atoms with van der Waals surface area (Å²) in [7, 11) is 0. The van der Waals surface area contributed by atoms with Crippen LogP contribution in [0.5, 0.6) is 5.75 Å². The van der Waals surface area contributed by atoms with Crippen LogP contribution in [0.15, 0.2) is 18.2 Å². The molecule has 8 heteroatoms. The molecule has 1 aliphatic carbocycles. The van der Waals surface area contributed by atoms with E-state index in [0.29, 0.717) is 5.75 Å². The van der Waals surface area contributed by atoms with Gasteiger partial charge in [0, 0.05) is 24.2 Å². The van der Waals surface area contributed by atoms with Crippen LogP contribution in [0.25, 0.3) is 0 Å². The number of carbonyl (C=O) groups excluding carboxylic acids is 2. The van der Waals surface area contributed by atoms with Gasteiger partial charge in [0.25, 0.3) is 11.6 Å². The van der Waals surface area contributed by atoms with E-state index < -0.39 is 4.92 Å². The molecule has 0 atom stereocenters. The Morgan fingerprint density at radius 2 is 2.08 bits per heavy atom. The summed E-state index contributed by atoms with van der Waals surface area (Å²) in [6.45, 7) is 3.81. The summed E-state index contributed by atoms with van der Waals surface area (Å²) in [4.78, 5) is 39.1. The van der Waals surface area contributed by atoms with Gasteiger partial charge < -0.3 is 9.64 Å². The number of fused-ring (bicyclic) bond motifs is 1. The van der Waals surface area contributed by atoms with E-state index in [0.717, 1.165) is 25.7 Å². The Morgan fingerprint density at radius 3 is 2.65 bits per heavy atom. The van der Waals surface area contributed by atoms with Crippen LogP contribution in [0.3, 0.4) is 0 Å². The highest BCUT2D eigenvalue weighted by molar-refractivity contribution is 6.02. The number of nitrogens with zero attached hydrogens (tertiary/aromatic N) is 3. The maximum atomic E-state index is 13.0. The molecule has 2 aliphatic rings. The van der Waals surface area contributed by atoms with Crippen molar-refractivity contribution in [2.45, 2.75) is 51.6 Å². The molecule has 0 saturated heterocycles. The molecular formula is C18H23N3O5. The first kappa shape index (κ1) is 18.2. The normalized spacial score (nSPS) is 16.3. The molecule has 0 bridgehead atoms. The van der Waals surface area contributed by atoms with E-state index in [9.17, 15) is 19.7 Å². The Bertz CT molecular complexity index is 728. The van der Waals surface area contributed by atoms with E-state index in [1.807, 2.05) is 4.90 Å². The van der Waals surface area contributed by atoms with Crippen molar-refractivity contribution in [3.05, 3.63) is 28.3 Å². The molecule has 1 heterocycles. The fourth-order valence-electron chi connectivity index (χ4n) is 3.43. The summed E-state index contributed by atoms with van der Waals surface area (Å²) in [6, 6.07) is 4.48. The largest absolute Gasteiger partial charge is 0.482 e. The lowest BCUT2D eigenvalue weighted by molar-refractivity contribution is -0.384. The molecular weight excluding hydrogens is 338 g/mol. The topological polar surface area (TPSA) is 93.0 Å². The van der Waals surface area contributed by atoms with Gasteiger partial charge in [0.2, 0.25) is 5.91 Å². The molecule has 1 aliphatic heterocycles. The van der Waals surface area contributed by atoms with Gasteiger partial charge in [-0.3, -0.25) is 24.6 Å². The van der Waals surface area contributed by atoms with Gasteiger partial charge in [-0.15, -0.1) is 0 Å². The first-order chi connectivity index (χ1) is 12.5. The molecule has 1 saturated carbocycles. The fraction of sp³-hybridized carbons (Fsp3) is 0.556. The highest BCUT2D eigenvalue weighted by atomic mass is 16.6. The number of nitro benzene ring substituents is 1. The molecule has 1 aromatic rings.